The molecule has 2 aromatic carbocycles. The summed E-state index contributed by atoms with van der Waals surface area (Å²) >= 11 is 1.73. The van der Waals surface area contributed by atoms with Crippen molar-refractivity contribution in [2.75, 3.05) is 37.2 Å². The van der Waals surface area contributed by atoms with E-state index >= 15 is 0 Å². The van der Waals surface area contributed by atoms with Crippen molar-refractivity contribution in [2.24, 2.45) is 0 Å². The molecule has 5 nitrogen and oxygen atoms in total. The number of hydrogen-bond acceptors (Lipinski definition) is 5. The Morgan fingerprint density at radius 3 is 2.55 bits per heavy atom. The molecule has 2 aliphatic rings. The van der Waals surface area contributed by atoms with E-state index in [1.807, 2.05) is 36.6 Å². The lowest BCUT2D eigenvalue weighted by molar-refractivity contribution is -0.122. The summed E-state index contributed by atoms with van der Waals surface area (Å²) in [5.41, 5.74) is 2.17. The topological polar surface area (TPSA) is 48.0 Å². The second-order valence-corrected chi connectivity index (χ2v) is 8.39. The van der Waals surface area contributed by atoms with Gasteiger partial charge in [0.1, 0.15) is 5.75 Å². The van der Waals surface area contributed by atoms with Crippen LogP contribution >= 0.6 is 11.8 Å². The summed E-state index contributed by atoms with van der Waals surface area (Å²) in [7, 11) is 1.61. The molecule has 1 amide bonds. The van der Waals surface area contributed by atoms with Crippen molar-refractivity contribution in [3.63, 3.8) is 0 Å². The third kappa shape index (κ3) is 4.64. The maximum absolute atomic E-state index is 12.9. The molecule has 1 atom stereocenters. The van der Waals surface area contributed by atoms with Crippen molar-refractivity contribution in [3.05, 3.63) is 48.0 Å². The summed E-state index contributed by atoms with van der Waals surface area (Å²) in [6.45, 7) is 1.24. The lowest BCUT2D eigenvalue weighted by Crippen LogP contribution is -2.32. The van der Waals surface area contributed by atoms with Gasteiger partial charge < -0.3 is 19.1 Å². The fourth-order valence-corrected chi connectivity index (χ4v) is 3.85. The van der Waals surface area contributed by atoms with Gasteiger partial charge in [0, 0.05) is 30.5 Å². The number of carbonyl (C=O) groups is 1. The van der Waals surface area contributed by atoms with Gasteiger partial charge in [0.15, 0.2) is 17.6 Å². The Balaban J connectivity index is 1.41. The van der Waals surface area contributed by atoms with Gasteiger partial charge in [0.05, 0.1) is 13.7 Å². The van der Waals surface area contributed by atoms with Gasteiger partial charge in [0.2, 0.25) is 0 Å². The fraction of sp³-hybridized carbons (Fsp3) is 0.435. The number of amides is 1. The van der Waals surface area contributed by atoms with Crippen LogP contribution in [0, 0.1) is 0 Å². The molecule has 2 fully saturated rings. The molecule has 29 heavy (non-hydrogen) atoms. The van der Waals surface area contributed by atoms with Crippen molar-refractivity contribution in [1.82, 2.24) is 0 Å². The molecule has 4 rings (SSSR count). The first-order chi connectivity index (χ1) is 14.2. The first-order valence-corrected chi connectivity index (χ1v) is 11.5. The highest BCUT2D eigenvalue weighted by Gasteiger charge is 2.35. The number of ether oxygens (including phenoxy) is 3. The van der Waals surface area contributed by atoms with Gasteiger partial charge in [-0.25, -0.2) is 0 Å². The van der Waals surface area contributed by atoms with Crippen LogP contribution in [0.4, 0.5) is 5.69 Å². The lowest BCUT2D eigenvalue weighted by atomic mass is 10.1. The average molecular weight is 414 g/mol. The van der Waals surface area contributed by atoms with Gasteiger partial charge in [0.25, 0.3) is 5.91 Å². The average Bonchev–Trinajstić information content (AvgIpc) is 3.54. The highest BCUT2D eigenvalue weighted by molar-refractivity contribution is 7.98. The molecular formula is C23H27NO4S. The fourth-order valence-electron chi connectivity index (χ4n) is 3.60. The molecule has 0 aromatic heterocycles. The van der Waals surface area contributed by atoms with E-state index in [9.17, 15) is 4.79 Å². The normalized spacial score (nSPS) is 18.8. The Labute approximate surface area is 176 Å². The van der Waals surface area contributed by atoms with Crippen molar-refractivity contribution < 1.29 is 19.0 Å². The van der Waals surface area contributed by atoms with E-state index < -0.39 is 6.10 Å². The van der Waals surface area contributed by atoms with E-state index in [1.54, 1.807) is 23.8 Å². The van der Waals surface area contributed by atoms with Crippen molar-refractivity contribution in [1.29, 1.82) is 0 Å². The molecule has 154 valence electrons. The van der Waals surface area contributed by atoms with Crippen LogP contribution < -0.4 is 19.1 Å². The first kappa shape index (κ1) is 20.0. The molecule has 1 saturated heterocycles. The van der Waals surface area contributed by atoms with Gasteiger partial charge in [-0.15, -0.1) is 0 Å². The number of hydrogen-bond donors (Lipinski definition) is 0. The Kier molecular flexibility index (Phi) is 6.19. The molecule has 1 aliphatic carbocycles. The summed E-state index contributed by atoms with van der Waals surface area (Å²) in [5.74, 6) is 3.70. The molecule has 0 bridgehead atoms. The molecule has 1 aliphatic heterocycles. The molecule has 0 N–H and O–H groups in total. The van der Waals surface area contributed by atoms with Crippen LogP contribution in [0.3, 0.4) is 0 Å². The predicted octanol–water partition coefficient (Wildman–Crippen LogP) is 4.50. The van der Waals surface area contributed by atoms with Gasteiger partial charge in [-0.05, 0) is 54.8 Å². The summed E-state index contributed by atoms with van der Waals surface area (Å²) in [6.07, 6.45) is 4.81. The van der Waals surface area contributed by atoms with Crippen LogP contribution in [0.2, 0.25) is 0 Å². The van der Waals surface area contributed by atoms with Crippen molar-refractivity contribution in [2.45, 2.75) is 31.3 Å². The molecule has 1 heterocycles. The largest absolute Gasteiger partial charge is 0.493 e. The predicted molar refractivity (Wildman–Crippen MR) is 117 cm³/mol. The highest BCUT2D eigenvalue weighted by atomic mass is 32.2. The Morgan fingerprint density at radius 2 is 1.86 bits per heavy atom. The van der Waals surface area contributed by atoms with Gasteiger partial charge >= 0.3 is 0 Å². The number of benzene rings is 2. The van der Waals surface area contributed by atoms with Crippen LogP contribution in [0.5, 0.6) is 17.2 Å². The van der Waals surface area contributed by atoms with Crippen molar-refractivity contribution in [3.8, 4) is 17.2 Å². The zero-order chi connectivity index (χ0) is 20.2. The number of rotatable bonds is 9. The second-order valence-electron chi connectivity index (χ2n) is 7.40. The monoisotopic (exact) mass is 413 g/mol. The van der Waals surface area contributed by atoms with Crippen LogP contribution in [0.25, 0.3) is 0 Å². The van der Waals surface area contributed by atoms with Gasteiger partial charge in [-0.2, -0.15) is 11.8 Å². The number of thioether (sulfide) groups is 1. The lowest BCUT2D eigenvalue weighted by Gasteiger charge is -2.19. The summed E-state index contributed by atoms with van der Waals surface area (Å²) in [5, 5.41) is 0. The van der Waals surface area contributed by atoms with E-state index in [1.165, 1.54) is 18.4 Å². The summed E-state index contributed by atoms with van der Waals surface area (Å²) in [4.78, 5) is 14.7. The Bertz CT molecular complexity index is 850. The van der Waals surface area contributed by atoms with Crippen LogP contribution in [0.15, 0.2) is 42.5 Å². The van der Waals surface area contributed by atoms with E-state index in [2.05, 4.69) is 12.1 Å². The third-order valence-electron chi connectivity index (χ3n) is 5.37. The van der Waals surface area contributed by atoms with E-state index in [0.717, 1.165) is 23.1 Å². The first-order valence-electron chi connectivity index (χ1n) is 10.1. The maximum atomic E-state index is 12.9. The van der Waals surface area contributed by atoms with Gasteiger partial charge in [-0.3, -0.25) is 4.79 Å². The minimum Gasteiger partial charge on any atom is -0.493 e. The van der Waals surface area contributed by atoms with E-state index in [-0.39, 0.29) is 5.91 Å². The zero-order valence-electron chi connectivity index (χ0n) is 16.9. The zero-order valence-corrected chi connectivity index (χ0v) is 17.7. The molecule has 1 saturated carbocycles. The number of methoxy groups -OCH3 is 1. The Hall–Kier alpha value is -2.34. The molecule has 0 radical (unpaired) electrons. The van der Waals surface area contributed by atoms with E-state index in [4.69, 9.17) is 14.2 Å². The molecule has 0 spiro atoms. The molecular weight excluding hydrogens is 386 g/mol. The van der Waals surface area contributed by atoms with E-state index in [0.29, 0.717) is 31.1 Å². The molecule has 0 unspecified atom stereocenters. The summed E-state index contributed by atoms with van der Waals surface area (Å²) < 4.78 is 17.2. The van der Waals surface area contributed by atoms with Gasteiger partial charge in [-0.1, -0.05) is 12.1 Å². The summed E-state index contributed by atoms with van der Waals surface area (Å²) in [6, 6.07) is 13.8. The smallest absolute Gasteiger partial charge is 0.268 e. The minimum absolute atomic E-state index is 0.0191. The number of anilines is 1. The minimum atomic E-state index is -0.453. The standard InChI is InChI=1S/C23H27NO4S/c1-26-22-15-18(7-10-20(22)27-13-14-29-2)24-12-11-21(23(24)25)28-19-8-5-17(6-9-19)16-3-4-16/h5-10,15-16,21H,3-4,11-14H2,1-2H3/t21-/m0/s1. The second kappa shape index (κ2) is 8.99. The molecule has 6 heteroatoms. The van der Waals surface area contributed by atoms with Crippen LogP contribution in [-0.4, -0.2) is 44.3 Å². The maximum Gasteiger partial charge on any atom is 0.268 e. The molecule has 2 aromatic rings. The SMILES string of the molecule is COc1cc(N2CC[C@H](Oc3ccc(C4CC4)cc3)C2=O)ccc1OCCSC. The van der Waals surface area contributed by atoms with Crippen LogP contribution in [-0.2, 0) is 4.79 Å². The quantitative estimate of drug-likeness (QED) is 0.567. The Morgan fingerprint density at radius 1 is 1.07 bits per heavy atom. The van der Waals surface area contributed by atoms with Crippen molar-refractivity contribution >= 4 is 23.4 Å². The highest BCUT2D eigenvalue weighted by Crippen LogP contribution is 2.40. The van der Waals surface area contributed by atoms with Crippen LogP contribution in [0.1, 0.15) is 30.7 Å². The number of nitrogens with zero attached hydrogens (tertiary/aromatic N) is 1. The third-order valence-corrected chi connectivity index (χ3v) is 5.94. The number of carbonyl (C=O) groups excluding carboxylic acids is 1.